The fraction of sp³-hybridized carbons (Fsp3) is 1.00. The van der Waals surface area contributed by atoms with Crippen LogP contribution in [0.25, 0.3) is 0 Å². The molecule has 0 saturated heterocycles. The second-order valence-corrected chi connectivity index (χ2v) is 2.22. The molecule has 0 aromatic heterocycles. The maximum absolute atomic E-state index is 5.39. The van der Waals surface area contributed by atoms with Crippen LogP contribution in [0.2, 0.25) is 0 Å². The molecular weight excluding hydrogens is 136 g/mol. The first-order valence-electron chi connectivity index (χ1n) is 4.77. The lowest BCUT2D eigenvalue weighted by molar-refractivity contribution is 0.297. The summed E-state index contributed by atoms with van der Waals surface area (Å²) >= 11 is 0. The van der Waals surface area contributed by atoms with Gasteiger partial charge < -0.3 is 10.6 Å². The molecule has 0 radical (unpaired) electrons. The van der Waals surface area contributed by atoms with Crippen molar-refractivity contribution >= 4 is 0 Å². The van der Waals surface area contributed by atoms with Gasteiger partial charge in [-0.3, -0.25) is 0 Å². The van der Waals surface area contributed by atoms with Crippen LogP contribution in [0.5, 0.6) is 0 Å². The van der Waals surface area contributed by atoms with E-state index in [-0.39, 0.29) is 0 Å². The maximum atomic E-state index is 5.39. The van der Waals surface area contributed by atoms with Crippen molar-refractivity contribution in [3.8, 4) is 0 Å². The van der Waals surface area contributed by atoms with Gasteiger partial charge in [0.1, 0.15) is 0 Å². The van der Waals surface area contributed by atoms with Gasteiger partial charge in [-0.1, -0.05) is 27.7 Å². The minimum atomic E-state index is 0.786. The molecule has 2 heteroatoms. The van der Waals surface area contributed by atoms with Crippen molar-refractivity contribution in [3.63, 3.8) is 0 Å². The van der Waals surface area contributed by atoms with Crippen LogP contribution in [0.1, 0.15) is 34.1 Å². The van der Waals surface area contributed by atoms with Crippen LogP contribution >= 0.6 is 0 Å². The van der Waals surface area contributed by atoms with Gasteiger partial charge >= 0.3 is 0 Å². The smallest absolute Gasteiger partial charge is 0.0104 e. The van der Waals surface area contributed by atoms with Crippen LogP contribution in [0.3, 0.4) is 0 Å². The first-order chi connectivity index (χ1) is 5.35. The van der Waals surface area contributed by atoms with E-state index in [1.165, 1.54) is 13.0 Å². The number of nitrogens with zero attached hydrogens (tertiary/aromatic N) is 1. The molecule has 70 valence electrons. The SMILES string of the molecule is CC.CCCN(CC)CCN. The molecule has 2 N–H and O–H groups in total. The Morgan fingerprint density at radius 3 is 1.91 bits per heavy atom. The maximum Gasteiger partial charge on any atom is 0.0104 e. The molecule has 0 aromatic carbocycles. The molecule has 0 unspecified atom stereocenters. The van der Waals surface area contributed by atoms with E-state index in [2.05, 4.69) is 18.7 Å². The largest absolute Gasteiger partial charge is 0.329 e. The summed E-state index contributed by atoms with van der Waals surface area (Å²) in [5.74, 6) is 0. The molecule has 0 heterocycles. The Labute approximate surface area is 71.8 Å². The Morgan fingerprint density at radius 2 is 1.64 bits per heavy atom. The van der Waals surface area contributed by atoms with Crippen molar-refractivity contribution in [2.75, 3.05) is 26.2 Å². The van der Waals surface area contributed by atoms with Crippen molar-refractivity contribution in [1.82, 2.24) is 4.90 Å². The highest BCUT2D eigenvalue weighted by Crippen LogP contribution is 1.87. The van der Waals surface area contributed by atoms with Crippen molar-refractivity contribution in [2.24, 2.45) is 5.73 Å². The van der Waals surface area contributed by atoms with Crippen molar-refractivity contribution in [2.45, 2.75) is 34.1 Å². The van der Waals surface area contributed by atoms with Gasteiger partial charge in [0.15, 0.2) is 0 Å². The van der Waals surface area contributed by atoms with E-state index in [0.717, 1.165) is 19.6 Å². The molecule has 0 atom stereocenters. The van der Waals surface area contributed by atoms with E-state index in [9.17, 15) is 0 Å². The Balaban J connectivity index is 0. The quantitative estimate of drug-likeness (QED) is 0.663. The summed E-state index contributed by atoms with van der Waals surface area (Å²) in [4.78, 5) is 2.36. The Bertz CT molecular complexity index is 49.5. The molecular formula is C9H24N2. The predicted molar refractivity (Wildman–Crippen MR) is 52.8 cm³/mol. The zero-order valence-corrected chi connectivity index (χ0v) is 8.56. The molecule has 0 fully saturated rings. The molecule has 0 aliphatic carbocycles. The Kier molecular flexibility index (Phi) is 15.4. The molecule has 0 saturated carbocycles. The van der Waals surface area contributed by atoms with E-state index >= 15 is 0 Å². The van der Waals surface area contributed by atoms with E-state index in [4.69, 9.17) is 5.73 Å². The van der Waals surface area contributed by atoms with E-state index < -0.39 is 0 Å². The number of hydrogen-bond acceptors (Lipinski definition) is 2. The van der Waals surface area contributed by atoms with E-state index in [1.807, 2.05) is 13.8 Å². The Hall–Kier alpha value is -0.0800. The van der Waals surface area contributed by atoms with Crippen LogP contribution in [-0.2, 0) is 0 Å². The van der Waals surface area contributed by atoms with E-state index in [0.29, 0.717) is 0 Å². The summed E-state index contributed by atoms with van der Waals surface area (Å²) in [5.41, 5.74) is 5.39. The summed E-state index contributed by atoms with van der Waals surface area (Å²) in [7, 11) is 0. The summed E-state index contributed by atoms with van der Waals surface area (Å²) in [5, 5.41) is 0. The van der Waals surface area contributed by atoms with Crippen molar-refractivity contribution in [3.05, 3.63) is 0 Å². The number of hydrogen-bond donors (Lipinski definition) is 1. The molecule has 0 aromatic rings. The predicted octanol–water partition coefficient (Wildman–Crippen LogP) is 1.70. The minimum Gasteiger partial charge on any atom is -0.329 e. The van der Waals surface area contributed by atoms with Crippen LogP contribution in [0, 0.1) is 0 Å². The van der Waals surface area contributed by atoms with Gasteiger partial charge in [0, 0.05) is 13.1 Å². The molecule has 0 aliphatic heterocycles. The minimum absolute atomic E-state index is 0.786. The van der Waals surface area contributed by atoms with Gasteiger partial charge in [0.05, 0.1) is 0 Å². The van der Waals surface area contributed by atoms with Crippen LogP contribution in [-0.4, -0.2) is 31.1 Å². The zero-order valence-electron chi connectivity index (χ0n) is 8.56. The monoisotopic (exact) mass is 160 g/mol. The zero-order chi connectivity index (χ0) is 9.11. The highest BCUT2D eigenvalue weighted by Gasteiger charge is 1.95. The summed E-state index contributed by atoms with van der Waals surface area (Å²) in [6.45, 7) is 12.5. The number of rotatable bonds is 5. The number of likely N-dealkylation sites (N-methyl/N-ethyl adjacent to an activating group) is 1. The number of nitrogens with two attached hydrogens (primary N) is 1. The molecule has 0 bridgehead atoms. The first kappa shape index (κ1) is 13.5. The lowest BCUT2D eigenvalue weighted by atomic mass is 10.4. The standard InChI is InChI=1S/C7H18N2.C2H6/c1-3-6-9(4-2)7-5-8;1-2/h3-8H2,1-2H3;1-2H3. The van der Waals surface area contributed by atoms with Crippen LogP contribution in [0.4, 0.5) is 0 Å². The lowest BCUT2D eigenvalue weighted by Gasteiger charge is -2.17. The van der Waals surface area contributed by atoms with E-state index in [1.54, 1.807) is 0 Å². The summed E-state index contributed by atoms with van der Waals surface area (Å²) in [6.07, 6.45) is 1.23. The molecule has 0 rings (SSSR count). The first-order valence-corrected chi connectivity index (χ1v) is 4.77. The second-order valence-electron chi connectivity index (χ2n) is 2.22. The normalized spacial score (nSPS) is 9.27. The van der Waals surface area contributed by atoms with Gasteiger partial charge in [-0.25, -0.2) is 0 Å². The van der Waals surface area contributed by atoms with Gasteiger partial charge in [-0.05, 0) is 19.5 Å². The van der Waals surface area contributed by atoms with Crippen molar-refractivity contribution < 1.29 is 0 Å². The fourth-order valence-corrected chi connectivity index (χ4v) is 0.927. The Morgan fingerprint density at radius 1 is 1.09 bits per heavy atom. The average Bonchev–Trinajstić information content (AvgIpc) is 2.08. The highest BCUT2D eigenvalue weighted by atomic mass is 15.1. The molecule has 2 nitrogen and oxygen atoms in total. The lowest BCUT2D eigenvalue weighted by Crippen LogP contribution is -2.29. The highest BCUT2D eigenvalue weighted by molar-refractivity contribution is 4.52. The van der Waals surface area contributed by atoms with Crippen LogP contribution in [0.15, 0.2) is 0 Å². The molecule has 0 spiro atoms. The topological polar surface area (TPSA) is 29.3 Å². The second kappa shape index (κ2) is 12.6. The third-order valence-electron chi connectivity index (χ3n) is 1.43. The van der Waals surface area contributed by atoms with Crippen LogP contribution < -0.4 is 5.73 Å². The van der Waals surface area contributed by atoms with Crippen molar-refractivity contribution in [1.29, 1.82) is 0 Å². The van der Waals surface area contributed by atoms with Gasteiger partial charge in [0.25, 0.3) is 0 Å². The molecule has 0 aliphatic rings. The summed E-state index contributed by atoms with van der Waals surface area (Å²) in [6, 6.07) is 0. The third kappa shape index (κ3) is 9.92. The summed E-state index contributed by atoms with van der Waals surface area (Å²) < 4.78 is 0. The van der Waals surface area contributed by atoms with Gasteiger partial charge in [-0.15, -0.1) is 0 Å². The van der Waals surface area contributed by atoms with Gasteiger partial charge in [-0.2, -0.15) is 0 Å². The average molecular weight is 160 g/mol. The molecule has 0 amide bonds. The fourth-order valence-electron chi connectivity index (χ4n) is 0.927. The third-order valence-corrected chi connectivity index (χ3v) is 1.43. The molecule has 11 heavy (non-hydrogen) atoms. The van der Waals surface area contributed by atoms with Gasteiger partial charge in [0.2, 0.25) is 0 Å².